The van der Waals surface area contributed by atoms with E-state index < -0.39 is 0 Å². The van der Waals surface area contributed by atoms with Gasteiger partial charge in [-0.15, -0.1) is 0 Å². The molecule has 2 N–H and O–H groups in total. The van der Waals surface area contributed by atoms with Crippen LogP contribution in [0.2, 0.25) is 5.02 Å². The Labute approximate surface area is 126 Å². The zero-order chi connectivity index (χ0) is 15.0. The average molecular weight is 304 g/mol. The lowest BCUT2D eigenvalue weighted by atomic mass is 10.2. The van der Waals surface area contributed by atoms with E-state index in [4.69, 9.17) is 26.8 Å². The first-order valence-corrected chi connectivity index (χ1v) is 6.67. The van der Waals surface area contributed by atoms with Crippen molar-refractivity contribution in [3.05, 3.63) is 41.4 Å². The maximum absolute atomic E-state index is 6.05. The van der Waals surface area contributed by atoms with E-state index in [1.807, 2.05) is 34.9 Å². The fourth-order valence-electron chi connectivity index (χ4n) is 2.31. The first kappa shape index (κ1) is 13.6. The van der Waals surface area contributed by atoms with Gasteiger partial charge in [0.25, 0.3) is 0 Å². The Bertz CT molecular complexity index is 814. The van der Waals surface area contributed by atoms with Crippen LogP contribution < -0.4 is 15.2 Å². The highest BCUT2D eigenvalue weighted by Crippen LogP contribution is 2.34. The van der Waals surface area contributed by atoms with E-state index in [2.05, 4.69) is 4.98 Å². The Kier molecular flexibility index (Phi) is 3.35. The van der Waals surface area contributed by atoms with Crippen LogP contribution in [0.3, 0.4) is 0 Å². The second-order valence-electron chi connectivity index (χ2n) is 4.48. The summed E-state index contributed by atoms with van der Waals surface area (Å²) in [5, 5.41) is 0.634. The average Bonchev–Trinajstić information content (AvgIpc) is 2.80. The summed E-state index contributed by atoms with van der Waals surface area (Å²) in [5.74, 6) is 1.61. The number of hydrogen-bond acceptors (Lipinski definition) is 4. The normalized spacial score (nSPS) is 10.8. The third kappa shape index (κ3) is 2.25. The zero-order valence-corrected chi connectivity index (χ0v) is 12.4. The zero-order valence-electron chi connectivity index (χ0n) is 11.6. The quantitative estimate of drug-likeness (QED) is 0.806. The number of hydrogen-bond donors (Lipinski definition) is 1. The van der Waals surface area contributed by atoms with Crippen molar-refractivity contribution in [1.82, 2.24) is 9.55 Å². The molecule has 2 aromatic carbocycles. The van der Waals surface area contributed by atoms with Gasteiger partial charge in [-0.3, -0.25) is 4.57 Å². The number of methoxy groups -OCH3 is 2. The van der Waals surface area contributed by atoms with E-state index >= 15 is 0 Å². The van der Waals surface area contributed by atoms with E-state index in [0.717, 1.165) is 16.7 Å². The Morgan fingerprint density at radius 2 is 1.81 bits per heavy atom. The molecule has 0 saturated heterocycles. The molecule has 1 heterocycles. The van der Waals surface area contributed by atoms with Crippen molar-refractivity contribution < 1.29 is 9.47 Å². The topological polar surface area (TPSA) is 62.3 Å². The van der Waals surface area contributed by atoms with Crippen LogP contribution in [-0.2, 0) is 0 Å². The summed E-state index contributed by atoms with van der Waals surface area (Å²) in [5.41, 5.74) is 8.44. The molecule has 0 spiro atoms. The molecule has 0 aliphatic heterocycles. The Hall–Kier alpha value is -2.40. The van der Waals surface area contributed by atoms with Crippen LogP contribution in [0, 0.1) is 0 Å². The molecule has 0 amide bonds. The van der Waals surface area contributed by atoms with Gasteiger partial charge in [0, 0.05) is 17.2 Å². The molecule has 0 aliphatic rings. The monoisotopic (exact) mass is 303 g/mol. The maximum Gasteiger partial charge on any atom is 0.205 e. The van der Waals surface area contributed by atoms with Crippen LogP contribution in [-0.4, -0.2) is 23.8 Å². The Balaban J connectivity index is 2.30. The van der Waals surface area contributed by atoms with E-state index in [1.54, 1.807) is 20.3 Å². The molecule has 0 saturated carbocycles. The van der Waals surface area contributed by atoms with Gasteiger partial charge in [-0.2, -0.15) is 0 Å². The molecule has 0 fully saturated rings. The van der Waals surface area contributed by atoms with Crippen molar-refractivity contribution in [1.29, 1.82) is 0 Å². The number of halogens is 1. The fraction of sp³-hybridized carbons (Fsp3) is 0.133. The van der Waals surface area contributed by atoms with Crippen molar-refractivity contribution in [3.63, 3.8) is 0 Å². The molecule has 6 heteroatoms. The van der Waals surface area contributed by atoms with Crippen LogP contribution in [0.4, 0.5) is 5.95 Å². The highest BCUT2D eigenvalue weighted by atomic mass is 35.5. The maximum atomic E-state index is 6.05. The van der Waals surface area contributed by atoms with Gasteiger partial charge in [-0.1, -0.05) is 17.7 Å². The minimum absolute atomic E-state index is 0.377. The van der Waals surface area contributed by atoms with Gasteiger partial charge in [0.05, 0.1) is 30.9 Å². The molecule has 108 valence electrons. The van der Waals surface area contributed by atoms with Gasteiger partial charge in [-0.05, 0) is 18.2 Å². The smallest absolute Gasteiger partial charge is 0.205 e. The lowest BCUT2D eigenvalue weighted by Crippen LogP contribution is -2.00. The van der Waals surface area contributed by atoms with Crippen LogP contribution in [0.1, 0.15) is 0 Å². The number of benzene rings is 2. The summed E-state index contributed by atoms with van der Waals surface area (Å²) >= 11 is 6.05. The lowest BCUT2D eigenvalue weighted by Gasteiger charge is -2.10. The lowest BCUT2D eigenvalue weighted by molar-refractivity contribution is 0.355. The Morgan fingerprint density at radius 1 is 1.10 bits per heavy atom. The number of aromatic nitrogens is 2. The van der Waals surface area contributed by atoms with Gasteiger partial charge < -0.3 is 15.2 Å². The van der Waals surface area contributed by atoms with E-state index in [1.165, 1.54) is 0 Å². The number of imidazole rings is 1. The van der Waals surface area contributed by atoms with E-state index in [-0.39, 0.29) is 0 Å². The van der Waals surface area contributed by atoms with Crippen molar-refractivity contribution in [3.8, 4) is 17.2 Å². The molecule has 0 atom stereocenters. The minimum Gasteiger partial charge on any atom is -0.493 e. The van der Waals surface area contributed by atoms with Crippen molar-refractivity contribution in [2.45, 2.75) is 0 Å². The second-order valence-corrected chi connectivity index (χ2v) is 4.92. The van der Waals surface area contributed by atoms with Crippen molar-refractivity contribution >= 4 is 28.6 Å². The van der Waals surface area contributed by atoms with Crippen LogP contribution in [0.5, 0.6) is 11.5 Å². The van der Waals surface area contributed by atoms with Gasteiger partial charge in [0.2, 0.25) is 5.95 Å². The highest BCUT2D eigenvalue weighted by molar-refractivity contribution is 6.30. The summed E-state index contributed by atoms with van der Waals surface area (Å²) in [4.78, 5) is 4.37. The fourth-order valence-corrected chi connectivity index (χ4v) is 2.49. The molecular formula is C15H14ClN3O2. The molecule has 0 aliphatic carbocycles. The standard InChI is InChI=1S/C15H14ClN3O2/c1-20-13-7-11-12(8-14(13)21-2)19(15(17)18-11)10-5-3-4-9(16)6-10/h3-8H,1-2H3,(H2,17,18). The number of nitrogens with zero attached hydrogens (tertiary/aromatic N) is 2. The predicted molar refractivity (Wildman–Crippen MR) is 83.6 cm³/mol. The summed E-state index contributed by atoms with van der Waals surface area (Å²) in [6.07, 6.45) is 0. The largest absolute Gasteiger partial charge is 0.493 e. The molecule has 3 aromatic rings. The summed E-state index contributed by atoms with van der Waals surface area (Å²) < 4.78 is 12.4. The SMILES string of the molecule is COc1cc2nc(N)n(-c3cccc(Cl)c3)c2cc1OC. The second kappa shape index (κ2) is 5.18. The third-order valence-electron chi connectivity index (χ3n) is 3.25. The highest BCUT2D eigenvalue weighted by Gasteiger charge is 2.14. The number of nitrogens with two attached hydrogens (primary N) is 1. The first-order chi connectivity index (χ1) is 10.1. The predicted octanol–water partition coefficient (Wildman–Crippen LogP) is 3.28. The molecule has 1 aromatic heterocycles. The van der Waals surface area contributed by atoms with Crippen molar-refractivity contribution in [2.75, 3.05) is 20.0 Å². The molecular weight excluding hydrogens is 290 g/mol. The molecule has 0 unspecified atom stereocenters. The molecule has 5 nitrogen and oxygen atoms in total. The molecule has 21 heavy (non-hydrogen) atoms. The van der Waals surface area contributed by atoms with E-state index in [9.17, 15) is 0 Å². The van der Waals surface area contributed by atoms with Gasteiger partial charge in [0.1, 0.15) is 0 Å². The number of rotatable bonds is 3. The first-order valence-electron chi connectivity index (χ1n) is 6.30. The van der Waals surface area contributed by atoms with E-state index in [0.29, 0.717) is 22.5 Å². The molecule has 0 radical (unpaired) electrons. The number of fused-ring (bicyclic) bond motifs is 1. The van der Waals surface area contributed by atoms with Gasteiger partial charge in [-0.25, -0.2) is 4.98 Å². The number of ether oxygens (including phenoxy) is 2. The molecule has 3 rings (SSSR count). The number of anilines is 1. The molecule has 0 bridgehead atoms. The number of nitrogen functional groups attached to an aromatic ring is 1. The summed E-state index contributed by atoms with van der Waals surface area (Å²) in [6.45, 7) is 0. The van der Waals surface area contributed by atoms with Crippen LogP contribution in [0.25, 0.3) is 16.7 Å². The summed E-state index contributed by atoms with van der Waals surface area (Å²) in [6, 6.07) is 11.1. The Morgan fingerprint density at radius 3 is 2.48 bits per heavy atom. The van der Waals surface area contributed by atoms with Crippen molar-refractivity contribution in [2.24, 2.45) is 0 Å². The van der Waals surface area contributed by atoms with Gasteiger partial charge >= 0.3 is 0 Å². The third-order valence-corrected chi connectivity index (χ3v) is 3.49. The van der Waals surface area contributed by atoms with Gasteiger partial charge in [0.15, 0.2) is 11.5 Å². The summed E-state index contributed by atoms with van der Waals surface area (Å²) in [7, 11) is 3.17. The minimum atomic E-state index is 0.377. The van der Waals surface area contributed by atoms with Crippen LogP contribution >= 0.6 is 11.6 Å². The van der Waals surface area contributed by atoms with Crippen LogP contribution in [0.15, 0.2) is 36.4 Å².